The first kappa shape index (κ1) is 20.1. The van der Waals surface area contributed by atoms with Crippen LogP contribution in [-0.4, -0.2) is 17.6 Å². The minimum absolute atomic E-state index is 0.0164. The van der Waals surface area contributed by atoms with Crippen LogP contribution in [0.15, 0.2) is 18.2 Å². The van der Waals surface area contributed by atoms with Crippen molar-refractivity contribution >= 4 is 17.6 Å². The van der Waals surface area contributed by atoms with Gasteiger partial charge in [-0.1, -0.05) is 45.4 Å². The van der Waals surface area contributed by atoms with Gasteiger partial charge in [0.1, 0.15) is 0 Å². The van der Waals surface area contributed by atoms with Crippen LogP contribution < -0.4 is 5.32 Å². The average Bonchev–Trinajstić information content (AvgIpc) is 2.57. The molecule has 2 atom stereocenters. The van der Waals surface area contributed by atoms with Crippen molar-refractivity contribution in [2.24, 2.45) is 11.8 Å². The molecule has 132 valence electrons. The van der Waals surface area contributed by atoms with Crippen LogP contribution in [0.1, 0.15) is 68.4 Å². The minimum Gasteiger partial charge on any atom is -0.296 e. The predicted molar refractivity (Wildman–Crippen MR) is 95.9 cm³/mol. The molecular formula is C20H29NO3. The summed E-state index contributed by atoms with van der Waals surface area (Å²) in [6, 6.07) is 6.17. The van der Waals surface area contributed by atoms with Crippen molar-refractivity contribution in [3.63, 3.8) is 0 Å². The summed E-state index contributed by atoms with van der Waals surface area (Å²) in [6.07, 6.45) is 3.03. The van der Waals surface area contributed by atoms with Crippen molar-refractivity contribution in [3.8, 4) is 0 Å². The Bertz CT molecular complexity index is 607. The molecule has 4 nitrogen and oxygen atoms in total. The highest BCUT2D eigenvalue weighted by molar-refractivity contribution is 5.99. The molecule has 1 aromatic carbocycles. The molecule has 1 aliphatic rings. The molecule has 1 N–H and O–H groups in total. The molecule has 2 rings (SSSR count). The van der Waals surface area contributed by atoms with Gasteiger partial charge in [-0.05, 0) is 37.8 Å². The van der Waals surface area contributed by atoms with E-state index in [4.69, 9.17) is 0 Å². The first-order valence-electron chi connectivity index (χ1n) is 8.77. The monoisotopic (exact) mass is 331 g/mol. The van der Waals surface area contributed by atoms with Gasteiger partial charge < -0.3 is 0 Å². The van der Waals surface area contributed by atoms with E-state index in [0.717, 1.165) is 18.4 Å². The van der Waals surface area contributed by atoms with E-state index in [1.54, 1.807) is 0 Å². The number of imide groups is 1. The molecule has 0 saturated carbocycles. The van der Waals surface area contributed by atoms with E-state index < -0.39 is 0 Å². The van der Waals surface area contributed by atoms with Crippen LogP contribution in [0.4, 0.5) is 0 Å². The summed E-state index contributed by atoms with van der Waals surface area (Å²) in [7, 11) is 0. The Balaban J connectivity index is 0.000000272. The van der Waals surface area contributed by atoms with E-state index in [2.05, 4.69) is 31.3 Å². The SMILES string of the molecule is CC1CCC(=O)NC1=O.CCc1ccc(C)cc1C(=O)C(C)CC. The number of benzene rings is 1. The van der Waals surface area contributed by atoms with E-state index in [-0.39, 0.29) is 29.4 Å². The van der Waals surface area contributed by atoms with E-state index in [1.807, 2.05) is 26.8 Å². The van der Waals surface area contributed by atoms with E-state index >= 15 is 0 Å². The third kappa shape index (κ3) is 5.59. The van der Waals surface area contributed by atoms with Gasteiger partial charge in [0.05, 0.1) is 0 Å². The van der Waals surface area contributed by atoms with Crippen LogP contribution >= 0.6 is 0 Å². The number of carbonyl (C=O) groups excluding carboxylic acids is 3. The van der Waals surface area contributed by atoms with Crippen LogP contribution in [0.2, 0.25) is 0 Å². The number of piperidine rings is 1. The molecule has 24 heavy (non-hydrogen) atoms. The molecule has 0 bridgehead atoms. The van der Waals surface area contributed by atoms with Gasteiger partial charge in [-0.2, -0.15) is 0 Å². The van der Waals surface area contributed by atoms with E-state index in [1.165, 1.54) is 11.1 Å². The molecule has 0 aliphatic carbocycles. The Morgan fingerprint density at radius 3 is 2.46 bits per heavy atom. The van der Waals surface area contributed by atoms with Crippen molar-refractivity contribution in [1.82, 2.24) is 5.32 Å². The van der Waals surface area contributed by atoms with Crippen LogP contribution in [-0.2, 0) is 16.0 Å². The quantitative estimate of drug-likeness (QED) is 0.673. The first-order valence-corrected chi connectivity index (χ1v) is 8.77. The molecule has 2 amide bonds. The first-order chi connectivity index (χ1) is 11.3. The van der Waals surface area contributed by atoms with Crippen molar-refractivity contribution < 1.29 is 14.4 Å². The van der Waals surface area contributed by atoms with Gasteiger partial charge in [0.2, 0.25) is 11.8 Å². The van der Waals surface area contributed by atoms with Crippen LogP contribution in [0.3, 0.4) is 0 Å². The fourth-order valence-corrected chi connectivity index (χ4v) is 2.48. The molecule has 1 heterocycles. The topological polar surface area (TPSA) is 63.2 Å². The summed E-state index contributed by atoms with van der Waals surface area (Å²) >= 11 is 0. The second-order valence-electron chi connectivity index (χ2n) is 6.54. The number of nitrogens with one attached hydrogen (secondary N) is 1. The Labute approximate surface area is 145 Å². The number of amides is 2. The normalized spacial score (nSPS) is 18.3. The number of hydrogen-bond acceptors (Lipinski definition) is 3. The maximum atomic E-state index is 12.1. The van der Waals surface area contributed by atoms with Crippen molar-refractivity contribution in [2.45, 2.75) is 60.3 Å². The van der Waals surface area contributed by atoms with Gasteiger partial charge in [-0.25, -0.2) is 0 Å². The molecule has 4 heteroatoms. The van der Waals surface area contributed by atoms with Crippen LogP contribution in [0.25, 0.3) is 0 Å². The number of ketones is 1. The summed E-state index contributed by atoms with van der Waals surface area (Å²) in [5.41, 5.74) is 3.26. The maximum absolute atomic E-state index is 12.1. The molecule has 0 spiro atoms. The van der Waals surface area contributed by atoms with Crippen LogP contribution in [0, 0.1) is 18.8 Å². The standard InChI is InChI=1S/C14H20O.C6H9NO2/c1-5-11(4)14(15)13-9-10(3)7-8-12(13)6-2;1-4-2-3-5(8)7-6(4)9/h7-9,11H,5-6H2,1-4H3;4H,2-3H2,1H3,(H,7,8,9). The predicted octanol–water partition coefficient (Wildman–Crippen LogP) is 3.85. The molecular weight excluding hydrogens is 302 g/mol. The number of Topliss-reactive ketones (excluding diaryl/α,β-unsaturated/α-hetero) is 1. The minimum atomic E-state index is -0.141. The lowest BCUT2D eigenvalue weighted by Gasteiger charge is -2.15. The molecule has 1 aromatic rings. The fraction of sp³-hybridized carbons (Fsp3) is 0.550. The Hall–Kier alpha value is -1.97. The lowest BCUT2D eigenvalue weighted by molar-refractivity contribution is -0.135. The molecule has 1 fully saturated rings. The highest BCUT2D eigenvalue weighted by Crippen LogP contribution is 2.18. The highest BCUT2D eigenvalue weighted by Gasteiger charge is 2.21. The smallest absolute Gasteiger partial charge is 0.229 e. The van der Waals surface area contributed by atoms with Gasteiger partial charge in [-0.15, -0.1) is 0 Å². The molecule has 2 unspecified atom stereocenters. The summed E-state index contributed by atoms with van der Waals surface area (Å²) in [4.78, 5) is 33.3. The number of aryl methyl sites for hydroxylation is 2. The third-order valence-corrected chi connectivity index (χ3v) is 4.49. The molecule has 1 saturated heterocycles. The molecule has 0 aromatic heterocycles. The van der Waals surface area contributed by atoms with Gasteiger partial charge >= 0.3 is 0 Å². The summed E-state index contributed by atoms with van der Waals surface area (Å²) in [5, 5.41) is 2.25. The summed E-state index contributed by atoms with van der Waals surface area (Å²) in [5.74, 6) is 0.169. The second kappa shape index (κ2) is 9.36. The van der Waals surface area contributed by atoms with Gasteiger partial charge in [0.25, 0.3) is 0 Å². The van der Waals surface area contributed by atoms with Crippen molar-refractivity contribution in [3.05, 3.63) is 34.9 Å². The number of hydrogen-bond donors (Lipinski definition) is 1. The highest BCUT2D eigenvalue weighted by atomic mass is 16.2. The number of carbonyl (C=O) groups is 3. The summed E-state index contributed by atoms with van der Waals surface area (Å²) in [6.45, 7) is 10.0. The Morgan fingerprint density at radius 2 is 1.96 bits per heavy atom. The maximum Gasteiger partial charge on any atom is 0.229 e. The van der Waals surface area contributed by atoms with Gasteiger partial charge in [-0.3, -0.25) is 19.7 Å². The lowest BCUT2D eigenvalue weighted by atomic mass is 9.91. The van der Waals surface area contributed by atoms with Crippen molar-refractivity contribution in [1.29, 1.82) is 0 Å². The molecule has 1 aliphatic heterocycles. The second-order valence-corrected chi connectivity index (χ2v) is 6.54. The van der Waals surface area contributed by atoms with E-state index in [0.29, 0.717) is 12.8 Å². The van der Waals surface area contributed by atoms with Gasteiger partial charge in [0, 0.05) is 23.8 Å². The zero-order valence-electron chi connectivity index (χ0n) is 15.4. The fourth-order valence-electron chi connectivity index (χ4n) is 2.48. The zero-order chi connectivity index (χ0) is 18.3. The van der Waals surface area contributed by atoms with E-state index in [9.17, 15) is 14.4 Å². The number of rotatable bonds is 4. The lowest BCUT2D eigenvalue weighted by Crippen LogP contribution is -2.39. The van der Waals surface area contributed by atoms with Gasteiger partial charge in [0.15, 0.2) is 5.78 Å². The molecule has 0 radical (unpaired) electrons. The largest absolute Gasteiger partial charge is 0.296 e. The van der Waals surface area contributed by atoms with Crippen molar-refractivity contribution in [2.75, 3.05) is 0 Å². The Morgan fingerprint density at radius 1 is 1.29 bits per heavy atom. The summed E-state index contributed by atoms with van der Waals surface area (Å²) < 4.78 is 0. The average molecular weight is 331 g/mol. The Kier molecular flexibility index (Phi) is 7.83. The zero-order valence-corrected chi connectivity index (χ0v) is 15.4. The van der Waals surface area contributed by atoms with Crippen LogP contribution in [0.5, 0.6) is 0 Å². The third-order valence-electron chi connectivity index (χ3n) is 4.49.